The number of sulfonamides is 2. The minimum Gasteiger partial charge on any atom is -0.399 e. The van der Waals surface area contributed by atoms with E-state index in [9.17, 15) is 26.4 Å². The van der Waals surface area contributed by atoms with Crippen molar-refractivity contribution in [2.75, 3.05) is 20.1 Å². The topological polar surface area (TPSA) is 213 Å². The van der Waals surface area contributed by atoms with E-state index in [1.165, 1.54) is 48.5 Å². The molecule has 0 unspecified atom stereocenters. The first-order valence-electron chi connectivity index (χ1n) is 12.2. The van der Waals surface area contributed by atoms with E-state index < -0.39 is 31.9 Å². The molecule has 0 aliphatic carbocycles. The van der Waals surface area contributed by atoms with Crippen LogP contribution in [0.25, 0.3) is 0 Å². The molecule has 0 saturated carbocycles. The van der Waals surface area contributed by atoms with Crippen LogP contribution < -0.4 is 20.1 Å². The molecule has 0 aliphatic rings. The van der Waals surface area contributed by atoms with Crippen molar-refractivity contribution in [3.05, 3.63) is 71.0 Å². The minimum atomic E-state index is -4.08. The van der Waals surface area contributed by atoms with Crippen molar-refractivity contribution in [3.63, 3.8) is 0 Å². The average molecular weight is 619 g/mol. The first-order valence-corrected chi connectivity index (χ1v) is 15.1. The monoisotopic (exact) mass is 618 g/mol. The molecule has 2 heterocycles. The van der Waals surface area contributed by atoms with Gasteiger partial charge in [0.05, 0.1) is 21.2 Å². The van der Waals surface area contributed by atoms with Crippen molar-refractivity contribution >= 4 is 55.0 Å². The Balaban J connectivity index is 0.000000230. The molecule has 0 bridgehead atoms. The molecule has 0 radical (unpaired) electrons. The summed E-state index contributed by atoms with van der Waals surface area (Å²) in [6, 6.07) is 11.1. The van der Waals surface area contributed by atoms with Crippen LogP contribution in [0.4, 0.5) is 23.1 Å². The van der Waals surface area contributed by atoms with Gasteiger partial charge in [-0.2, -0.15) is 8.61 Å². The van der Waals surface area contributed by atoms with Gasteiger partial charge in [0, 0.05) is 36.3 Å². The van der Waals surface area contributed by atoms with Gasteiger partial charge in [0.25, 0.3) is 31.8 Å². The fourth-order valence-corrected chi connectivity index (χ4v) is 6.35. The van der Waals surface area contributed by atoms with Crippen molar-refractivity contribution in [2.45, 2.75) is 51.3 Å². The third-order valence-corrected chi connectivity index (χ3v) is 9.59. The van der Waals surface area contributed by atoms with Crippen LogP contribution in [-0.4, -0.2) is 39.0 Å². The van der Waals surface area contributed by atoms with Gasteiger partial charge in [0.1, 0.15) is 0 Å². The summed E-state index contributed by atoms with van der Waals surface area (Å²) in [5.74, 6) is -1.58. The van der Waals surface area contributed by atoms with E-state index in [2.05, 4.69) is 10.3 Å². The Morgan fingerprint density at radius 2 is 0.905 bits per heavy atom. The molecule has 0 fully saturated rings. The van der Waals surface area contributed by atoms with Crippen LogP contribution in [0.3, 0.4) is 0 Å². The van der Waals surface area contributed by atoms with E-state index >= 15 is 0 Å². The molecule has 0 spiro atoms. The number of nitrogens with zero attached hydrogens (tertiary/aromatic N) is 4. The van der Waals surface area contributed by atoms with Crippen LogP contribution in [0.5, 0.6) is 0 Å². The SMILES string of the molecule is CC(=O)N(c1onc(C)c1C)S(=O)(=O)c1ccc(N)cc1.CC(=O)N(c1onc(C)c1C)S(=O)(=O)c1ccc(N)cc1. The van der Waals surface area contributed by atoms with Gasteiger partial charge >= 0.3 is 0 Å². The Morgan fingerprint density at radius 1 is 0.619 bits per heavy atom. The van der Waals surface area contributed by atoms with Crippen LogP contribution in [0.2, 0.25) is 0 Å². The highest BCUT2D eigenvalue weighted by atomic mass is 32.2. The number of amides is 2. The van der Waals surface area contributed by atoms with E-state index in [-0.39, 0.29) is 21.6 Å². The molecule has 2 aromatic carbocycles. The number of aryl methyl sites for hydroxylation is 2. The first kappa shape index (κ1) is 31.8. The maximum Gasteiger partial charge on any atom is 0.273 e. The van der Waals surface area contributed by atoms with Gasteiger partial charge in [-0.1, -0.05) is 10.3 Å². The Morgan fingerprint density at radius 3 is 1.12 bits per heavy atom. The molecule has 0 aliphatic heterocycles. The largest absolute Gasteiger partial charge is 0.399 e. The van der Waals surface area contributed by atoms with Crippen LogP contribution in [-0.2, 0) is 29.6 Å². The lowest BCUT2D eigenvalue weighted by Crippen LogP contribution is -2.35. The number of benzene rings is 2. The Bertz CT molecular complexity index is 1690. The number of anilines is 4. The van der Waals surface area contributed by atoms with Gasteiger partial charge in [0.2, 0.25) is 11.8 Å². The molecule has 16 heteroatoms. The Hall–Kier alpha value is -4.70. The summed E-state index contributed by atoms with van der Waals surface area (Å²) < 4.78 is 61.7. The average Bonchev–Trinajstić information content (AvgIpc) is 3.40. The fraction of sp³-hybridized carbons (Fsp3) is 0.231. The molecular weight excluding hydrogens is 588 g/mol. The molecule has 14 nitrogen and oxygen atoms in total. The number of aromatic nitrogens is 2. The lowest BCUT2D eigenvalue weighted by atomic mass is 10.3. The Labute approximate surface area is 243 Å². The highest BCUT2D eigenvalue weighted by molar-refractivity contribution is 7.94. The summed E-state index contributed by atoms with van der Waals surface area (Å²) in [5.41, 5.74) is 13.9. The molecule has 42 heavy (non-hydrogen) atoms. The number of nitrogen functional groups attached to an aromatic ring is 2. The number of carbonyl (C=O) groups excluding carboxylic acids is 2. The third-order valence-electron chi connectivity index (χ3n) is 6.04. The predicted molar refractivity (Wildman–Crippen MR) is 154 cm³/mol. The zero-order chi connectivity index (χ0) is 31.6. The van der Waals surface area contributed by atoms with E-state index in [0.29, 0.717) is 42.5 Å². The Kier molecular flexibility index (Phi) is 9.12. The maximum absolute atomic E-state index is 12.6. The van der Waals surface area contributed by atoms with Gasteiger partial charge in [-0.25, -0.2) is 16.8 Å². The van der Waals surface area contributed by atoms with Crippen LogP contribution in [0, 0.1) is 27.7 Å². The maximum atomic E-state index is 12.6. The van der Waals surface area contributed by atoms with Crippen molar-refractivity contribution in [1.29, 1.82) is 0 Å². The summed E-state index contributed by atoms with van der Waals surface area (Å²) in [5, 5.41) is 7.37. The summed E-state index contributed by atoms with van der Waals surface area (Å²) in [6.07, 6.45) is 0. The first-order chi connectivity index (χ1) is 19.5. The number of carbonyl (C=O) groups is 2. The standard InChI is InChI=1S/2C13H15N3O4S/c2*1-8-9(2)15-20-13(8)16(10(3)17)21(18,19)12-6-4-11(14)5-7-12/h2*4-7H,14H2,1-3H3. The summed E-state index contributed by atoms with van der Waals surface area (Å²) in [7, 11) is -8.17. The lowest BCUT2D eigenvalue weighted by Gasteiger charge is -2.18. The fourth-order valence-electron chi connectivity index (χ4n) is 3.52. The molecule has 4 rings (SSSR count). The van der Waals surface area contributed by atoms with Crippen molar-refractivity contribution in [3.8, 4) is 0 Å². The quantitative estimate of drug-likeness (QED) is 0.298. The van der Waals surface area contributed by atoms with Crippen LogP contribution in [0.1, 0.15) is 36.4 Å². The molecule has 2 aromatic heterocycles. The molecule has 0 saturated heterocycles. The molecule has 224 valence electrons. The second kappa shape index (κ2) is 12.0. The van der Waals surface area contributed by atoms with Crippen molar-refractivity contribution in [2.24, 2.45) is 0 Å². The van der Waals surface area contributed by atoms with Crippen molar-refractivity contribution in [1.82, 2.24) is 10.3 Å². The summed E-state index contributed by atoms with van der Waals surface area (Å²) >= 11 is 0. The zero-order valence-corrected chi connectivity index (χ0v) is 25.3. The van der Waals surface area contributed by atoms with Crippen LogP contribution in [0.15, 0.2) is 67.4 Å². The van der Waals surface area contributed by atoms with Crippen LogP contribution >= 0.6 is 0 Å². The second-order valence-electron chi connectivity index (χ2n) is 9.11. The van der Waals surface area contributed by atoms with E-state index in [1.54, 1.807) is 27.7 Å². The normalized spacial score (nSPS) is 11.4. The number of hydrogen-bond acceptors (Lipinski definition) is 12. The van der Waals surface area contributed by atoms with Crippen molar-refractivity contribution < 1.29 is 35.5 Å². The van der Waals surface area contributed by atoms with Gasteiger partial charge in [0.15, 0.2) is 0 Å². The van der Waals surface area contributed by atoms with Gasteiger partial charge < -0.3 is 20.5 Å². The zero-order valence-electron chi connectivity index (χ0n) is 23.6. The van der Waals surface area contributed by atoms with Gasteiger partial charge in [-0.15, -0.1) is 0 Å². The van der Waals surface area contributed by atoms with E-state index in [4.69, 9.17) is 20.5 Å². The molecular formula is C26H30N6O8S2. The van der Waals surface area contributed by atoms with E-state index in [0.717, 1.165) is 13.8 Å². The van der Waals surface area contributed by atoms with Gasteiger partial charge in [-0.05, 0) is 76.2 Å². The highest BCUT2D eigenvalue weighted by Crippen LogP contribution is 2.30. The number of nitrogens with two attached hydrogens (primary N) is 2. The lowest BCUT2D eigenvalue weighted by molar-refractivity contribution is -0.116. The molecule has 4 aromatic rings. The third kappa shape index (κ3) is 6.28. The second-order valence-corrected chi connectivity index (χ2v) is 12.7. The molecule has 2 amide bonds. The van der Waals surface area contributed by atoms with Gasteiger partial charge in [-0.3, -0.25) is 9.59 Å². The number of hydrogen-bond donors (Lipinski definition) is 2. The highest BCUT2D eigenvalue weighted by Gasteiger charge is 2.34. The summed E-state index contributed by atoms with van der Waals surface area (Å²) in [6.45, 7) is 8.89. The minimum absolute atomic E-state index is 0.0552. The van der Waals surface area contributed by atoms with E-state index in [1.807, 2.05) is 0 Å². The number of rotatable bonds is 6. The summed E-state index contributed by atoms with van der Waals surface area (Å²) in [4.78, 5) is 23.5. The predicted octanol–water partition coefficient (Wildman–Crippen LogP) is 3.23. The molecule has 4 N–H and O–H groups in total. The smallest absolute Gasteiger partial charge is 0.273 e. The molecule has 0 atom stereocenters.